The molecule has 6 aromatic carbocycles. The van der Waals surface area contributed by atoms with Gasteiger partial charge >= 0.3 is 0 Å². The lowest BCUT2D eigenvalue weighted by Crippen LogP contribution is -1.91. The molecule has 4 nitrogen and oxygen atoms in total. The Morgan fingerprint density at radius 1 is 0.383 bits per heavy atom. The van der Waals surface area contributed by atoms with E-state index in [1.807, 2.05) is 30.3 Å². The van der Waals surface area contributed by atoms with Crippen molar-refractivity contribution in [2.75, 3.05) is 0 Å². The quantitative estimate of drug-likeness (QED) is 0.190. The van der Waals surface area contributed by atoms with Crippen molar-refractivity contribution in [3.8, 4) is 33.8 Å². The molecule has 218 valence electrons. The molecule has 0 amide bonds. The van der Waals surface area contributed by atoms with Gasteiger partial charge < -0.3 is 4.42 Å². The fourth-order valence-corrected chi connectivity index (χ4v) is 7.00. The van der Waals surface area contributed by atoms with Gasteiger partial charge in [0.25, 0.3) is 0 Å². The normalized spacial score (nSPS) is 11.8. The van der Waals surface area contributed by atoms with Gasteiger partial charge in [0.1, 0.15) is 11.2 Å². The zero-order valence-electron chi connectivity index (χ0n) is 25.2. The van der Waals surface area contributed by atoms with E-state index in [9.17, 15) is 0 Å². The molecule has 0 aliphatic heterocycles. The van der Waals surface area contributed by atoms with E-state index >= 15 is 0 Å². The van der Waals surface area contributed by atoms with Crippen molar-refractivity contribution in [1.82, 2.24) is 15.0 Å². The maximum atomic E-state index is 6.94. The van der Waals surface area contributed by atoms with Crippen molar-refractivity contribution in [2.45, 2.75) is 0 Å². The minimum atomic E-state index is 0.821. The van der Waals surface area contributed by atoms with Crippen molar-refractivity contribution in [3.05, 3.63) is 152 Å². The molecule has 0 aliphatic rings. The second-order valence-corrected chi connectivity index (χ2v) is 12.0. The van der Waals surface area contributed by atoms with E-state index in [1.54, 1.807) is 0 Å². The fourth-order valence-electron chi connectivity index (χ4n) is 7.00. The third-order valence-corrected chi connectivity index (χ3v) is 9.24. The van der Waals surface area contributed by atoms with Crippen LogP contribution in [0.5, 0.6) is 0 Å². The standard InChI is InChI=1S/C43H25N3O/c1-3-10-26(11-4-1)35-24-20-28-18-19-29-21-25-37(46-41(29)40(28)44-35)33-16-9-15-30-31-22-23-34-38(43(31)47-42(30)33)32-14-7-8-17-36(32)45-39(34)27-12-5-2-6-13-27/h1-25H. The largest absolute Gasteiger partial charge is 0.455 e. The Morgan fingerprint density at radius 3 is 1.77 bits per heavy atom. The lowest BCUT2D eigenvalue weighted by atomic mass is 9.97. The average molecular weight is 600 g/mol. The van der Waals surface area contributed by atoms with Crippen LogP contribution in [0.3, 0.4) is 0 Å². The molecule has 0 spiro atoms. The van der Waals surface area contributed by atoms with E-state index in [-0.39, 0.29) is 0 Å². The van der Waals surface area contributed by atoms with Crippen LogP contribution in [0.15, 0.2) is 156 Å². The molecule has 0 N–H and O–H groups in total. The molecule has 0 saturated heterocycles. The second kappa shape index (κ2) is 10.1. The predicted molar refractivity (Wildman–Crippen MR) is 193 cm³/mol. The number of rotatable bonds is 3. The van der Waals surface area contributed by atoms with Gasteiger partial charge in [-0.25, -0.2) is 15.0 Å². The van der Waals surface area contributed by atoms with E-state index in [0.29, 0.717) is 0 Å². The Balaban J connectivity index is 1.23. The zero-order valence-corrected chi connectivity index (χ0v) is 25.2. The van der Waals surface area contributed by atoms with Crippen LogP contribution in [0.2, 0.25) is 0 Å². The summed E-state index contributed by atoms with van der Waals surface area (Å²) in [6.07, 6.45) is 0. The number of benzene rings is 6. The summed E-state index contributed by atoms with van der Waals surface area (Å²) in [7, 11) is 0. The Kier molecular flexibility index (Phi) is 5.54. The second-order valence-electron chi connectivity index (χ2n) is 12.0. The molecular formula is C43H25N3O. The SMILES string of the molecule is c1ccc(-c2ccc3ccc4ccc(-c5cccc6c5oc5c6ccc6c(-c7ccccc7)nc7ccccc7c65)nc4c3n2)cc1. The lowest BCUT2D eigenvalue weighted by Gasteiger charge is -2.10. The van der Waals surface area contributed by atoms with Gasteiger partial charge in [0, 0.05) is 54.4 Å². The van der Waals surface area contributed by atoms with Gasteiger partial charge in [-0.2, -0.15) is 0 Å². The van der Waals surface area contributed by atoms with Crippen LogP contribution in [0.25, 0.3) is 99.2 Å². The van der Waals surface area contributed by atoms with Crippen LogP contribution in [0.1, 0.15) is 0 Å². The highest BCUT2D eigenvalue weighted by atomic mass is 16.3. The maximum Gasteiger partial charge on any atom is 0.144 e. The first-order valence-corrected chi connectivity index (χ1v) is 15.8. The number of pyridine rings is 3. The molecule has 0 atom stereocenters. The summed E-state index contributed by atoms with van der Waals surface area (Å²) in [5.74, 6) is 0. The first-order valence-electron chi connectivity index (χ1n) is 15.8. The van der Waals surface area contributed by atoms with Gasteiger partial charge in [-0.15, -0.1) is 0 Å². The number of furan rings is 1. The van der Waals surface area contributed by atoms with Gasteiger partial charge in [0.05, 0.1) is 33.6 Å². The summed E-state index contributed by atoms with van der Waals surface area (Å²) in [6.45, 7) is 0. The van der Waals surface area contributed by atoms with Crippen molar-refractivity contribution in [2.24, 2.45) is 0 Å². The molecule has 0 unspecified atom stereocenters. The van der Waals surface area contributed by atoms with Gasteiger partial charge in [0.2, 0.25) is 0 Å². The minimum absolute atomic E-state index is 0.821. The highest BCUT2D eigenvalue weighted by Gasteiger charge is 2.19. The summed E-state index contributed by atoms with van der Waals surface area (Å²) in [6, 6.07) is 52.4. The van der Waals surface area contributed by atoms with Crippen LogP contribution in [-0.4, -0.2) is 15.0 Å². The molecule has 0 fully saturated rings. The summed E-state index contributed by atoms with van der Waals surface area (Å²) in [5.41, 5.74) is 10.2. The topological polar surface area (TPSA) is 51.8 Å². The molecule has 4 aromatic heterocycles. The van der Waals surface area contributed by atoms with Crippen molar-refractivity contribution in [1.29, 1.82) is 0 Å². The summed E-state index contributed by atoms with van der Waals surface area (Å²) in [5, 5.41) is 7.46. The van der Waals surface area contributed by atoms with Crippen molar-refractivity contribution in [3.63, 3.8) is 0 Å². The Bertz CT molecular complexity index is 2840. The third-order valence-electron chi connectivity index (χ3n) is 9.24. The van der Waals surface area contributed by atoms with Crippen LogP contribution < -0.4 is 0 Å². The van der Waals surface area contributed by atoms with E-state index in [1.165, 1.54) is 0 Å². The number of aromatic nitrogens is 3. The average Bonchev–Trinajstić information content (AvgIpc) is 3.54. The predicted octanol–water partition coefficient (Wildman–Crippen LogP) is 11.4. The monoisotopic (exact) mass is 599 g/mol. The molecule has 0 saturated carbocycles. The van der Waals surface area contributed by atoms with Gasteiger partial charge in [-0.05, 0) is 30.3 Å². The minimum Gasteiger partial charge on any atom is -0.455 e. The molecule has 10 aromatic rings. The number of para-hydroxylation sites is 2. The van der Waals surface area contributed by atoms with Crippen molar-refractivity contribution >= 4 is 65.4 Å². The lowest BCUT2D eigenvalue weighted by molar-refractivity contribution is 0.674. The van der Waals surface area contributed by atoms with Crippen molar-refractivity contribution < 1.29 is 4.42 Å². The number of fused-ring (bicyclic) bond motifs is 10. The van der Waals surface area contributed by atoms with Crippen LogP contribution in [-0.2, 0) is 0 Å². The third kappa shape index (κ3) is 3.98. The van der Waals surface area contributed by atoms with Gasteiger partial charge in [0.15, 0.2) is 0 Å². The zero-order chi connectivity index (χ0) is 30.9. The van der Waals surface area contributed by atoms with Crippen LogP contribution in [0, 0.1) is 0 Å². The van der Waals surface area contributed by atoms with E-state index in [4.69, 9.17) is 19.4 Å². The number of nitrogens with zero attached hydrogens (tertiary/aromatic N) is 3. The van der Waals surface area contributed by atoms with Crippen LogP contribution in [0.4, 0.5) is 0 Å². The Morgan fingerprint density at radius 2 is 0.979 bits per heavy atom. The summed E-state index contributed by atoms with van der Waals surface area (Å²) >= 11 is 0. The molecular weight excluding hydrogens is 574 g/mol. The fraction of sp³-hybridized carbons (Fsp3) is 0. The van der Waals surface area contributed by atoms with E-state index in [2.05, 4.69) is 121 Å². The maximum absolute atomic E-state index is 6.94. The highest BCUT2D eigenvalue weighted by Crippen LogP contribution is 2.43. The Labute approximate surface area is 269 Å². The smallest absolute Gasteiger partial charge is 0.144 e. The molecule has 10 rings (SSSR count). The number of hydrogen-bond acceptors (Lipinski definition) is 4. The molecule has 0 bridgehead atoms. The van der Waals surface area contributed by atoms with E-state index in [0.717, 1.165) is 99.2 Å². The number of hydrogen-bond donors (Lipinski definition) is 0. The summed E-state index contributed by atoms with van der Waals surface area (Å²) < 4.78 is 6.94. The first kappa shape index (κ1) is 25.9. The summed E-state index contributed by atoms with van der Waals surface area (Å²) in [4.78, 5) is 15.5. The molecule has 47 heavy (non-hydrogen) atoms. The van der Waals surface area contributed by atoms with Gasteiger partial charge in [-0.1, -0.05) is 121 Å². The van der Waals surface area contributed by atoms with E-state index < -0.39 is 0 Å². The molecule has 4 heteroatoms. The van der Waals surface area contributed by atoms with Crippen LogP contribution >= 0.6 is 0 Å². The first-order chi connectivity index (χ1) is 23.3. The molecule has 4 heterocycles. The van der Waals surface area contributed by atoms with Gasteiger partial charge in [-0.3, -0.25) is 0 Å². The Hall–Kier alpha value is -6.39. The molecule has 0 aliphatic carbocycles. The highest BCUT2D eigenvalue weighted by molar-refractivity contribution is 6.25. The molecule has 0 radical (unpaired) electrons.